The van der Waals surface area contributed by atoms with Gasteiger partial charge in [-0.05, 0) is 32.5 Å². The number of hydrogen-bond acceptors (Lipinski definition) is 3. The molecule has 0 spiro atoms. The number of hydrogen-bond donors (Lipinski definition) is 0. The van der Waals surface area contributed by atoms with Crippen LogP contribution in [0.2, 0.25) is 0 Å². The second kappa shape index (κ2) is 6.00. The topological polar surface area (TPSA) is 41.4 Å². The molecule has 18 heavy (non-hydrogen) atoms. The van der Waals surface area contributed by atoms with E-state index >= 15 is 0 Å². The Balaban J connectivity index is 1.74. The molecule has 1 saturated heterocycles. The van der Waals surface area contributed by atoms with Gasteiger partial charge in [0.05, 0.1) is 6.54 Å². The Bertz CT molecular complexity index is 376. The monoisotopic (exact) mass is 250 g/mol. The smallest absolute Gasteiger partial charge is 0.223 e. The van der Waals surface area contributed by atoms with E-state index in [2.05, 4.69) is 17.0 Å². The molecule has 1 aliphatic rings. The number of carbonyl (C=O) groups excluding carboxylic acids is 1. The molecular weight excluding hydrogens is 228 g/mol. The zero-order chi connectivity index (χ0) is 13.0. The lowest BCUT2D eigenvalue weighted by Crippen LogP contribution is -2.35. The van der Waals surface area contributed by atoms with Gasteiger partial charge >= 0.3 is 0 Å². The van der Waals surface area contributed by atoms with Gasteiger partial charge in [0.15, 0.2) is 0 Å². The van der Waals surface area contributed by atoms with Crippen molar-refractivity contribution < 1.29 is 4.79 Å². The number of amides is 1. The maximum atomic E-state index is 12.1. The van der Waals surface area contributed by atoms with Gasteiger partial charge in [-0.25, -0.2) is 0 Å². The fraction of sp³-hybridized carbons (Fsp3) is 0.692. The fourth-order valence-corrected chi connectivity index (χ4v) is 2.40. The molecule has 1 aliphatic heterocycles. The lowest BCUT2D eigenvalue weighted by molar-refractivity contribution is -0.131. The Hall–Kier alpha value is -1.36. The molecule has 0 N–H and O–H groups in total. The van der Waals surface area contributed by atoms with E-state index < -0.39 is 0 Å². The quantitative estimate of drug-likeness (QED) is 0.777. The minimum Gasteiger partial charge on any atom is -0.344 e. The van der Waals surface area contributed by atoms with Gasteiger partial charge in [-0.3, -0.25) is 9.48 Å². The molecule has 1 aromatic rings. The Morgan fingerprint density at radius 1 is 1.56 bits per heavy atom. The highest BCUT2D eigenvalue weighted by Crippen LogP contribution is 2.18. The molecule has 5 nitrogen and oxygen atoms in total. The number of carbonyl (C=O) groups is 1. The van der Waals surface area contributed by atoms with Crippen molar-refractivity contribution >= 4 is 5.91 Å². The Kier molecular flexibility index (Phi) is 4.36. The number of rotatable bonds is 5. The zero-order valence-electron chi connectivity index (χ0n) is 11.2. The summed E-state index contributed by atoms with van der Waals surface area (Å²) in [4.78, 5) is 16.2. The van der Waals surface area contributed by atoms with Gasteiger partial charge in [0.1, 0.15) is 0 Å². The van der Waals surface area contributed by atoms with Crippen molar-refractivity contribution in [2.45, 2.75) is 31.8 Å². The summed E-state index contributed by atoms with van der Waals surface area (Å²) >= 11 is 0. The molecule has 0 saturated carbocycles. The highest BCUT2D eigenvalue weighted by molar-refractivity contribution is 5.76. The molecule has 0 aliphatic carbocycles. The van der Waals surface area contributed by atoms with Crippen molar-refractivity contribution in [3.8, 4) is 0 Å². The van der Waals surface area contributed by atoms with Crippen molar-refractivity contribution in [2.24, 2.45) is 0 Å². The van der Waals surface area contributed by atoms with E-state index in [0.29, 0.717) is 12.5 Å². The van der Waals surface area contributed by atoms with Crippen LogP contribution in [0.5, 0.6) is 0 Å². The summed E-state index contributed by atoms with van der Waals surface area (Å²) in [6, 6.07) is 2.33. The Morgan fingerprint density at radius 3 is 3.00 bits per heavy atom. The van der Waals surface area contributed by atoms with Crippen molar-refractivity contribution in [3.63, 3.8) is 0 Å². The molecule has 0 bridgehead atoms. The minimum atomic E-state index is 0.237. The average Bonchev–Trinajstić information content (AvgIpc) is 2.99. The van der Waals surface area contributed by atoms with E-state index in [1.165, 1.54) is 6.42 Å². The van der Waals surface area contributed by atoms with Gasteiger partial charge in [-0.2, -0.15) is 5.10 Å². The first-order valence-electron chi connectivity index (χ1n) is 6.58. The predicted octanol–water partition coefficient (Wildman–Crippen LogP) is 0.826. The van der Waals surface area contributed by atoms with E-state index in [4.69, 9.17) is 0 Å². The van der Waals surface area contributed by atoms with E-state index in [-0.39, 0.29) is 5.91 Å². The van der Waals surface area contributed by atoms with E-state index in [9.17, 15) is 4.79 Å². The van der Waals surface area contributed by atoms with Crippen LogP contribution in [0.3, 0.4) is 0 Å². The van der Waals surface area contributed by atoms with Crippen LogP contribution in [0.25, 0.3) is 0 Å². The van der Waals surface area contributed by atoms with E-state index in [0.717, 1.165) is 26.1 Å². The summed E-state index contributed by atoms with van der Waals surface area (Å²) in [6.07, 6.45) is 6.69. The highest BCUT2D eigenvalue weighted by atomic mass is 16.2. The van der Waals surface area contributed by atoms with Crippen LogP contribution in [-0.4, -0.2) is 58.7 Å². The molecule has 1 atom stereocenters. The third-order valence-corrected chi connectivity index (χ3v) is 3.73. The number of likely N-dealkylation sites (N-methyl/N-ethyl adjacent to an activating group) is 1. The lowest BCUT2D eigenvalue weighted by Gasteiger charge is -2.23. The summed E-state index contributed by atoms with van der Waals surface area (Å²) in [6.45, 7) is 2.60. The van der Waals surface area contributed by atoms with Gasteiger partial charge in [0.25, 0.3) is 0 Å². The molecule has 0 radical (unpaired) electrons. The molecule has 0 aromatic carbocycles. The predicted molar refractivity (Wildman–Crippen MR) is 70.1 cm³/mol. The van der Waals surface area contributed by atoms with Gasteiger partial charge in [0.2, 0.25) is 5.91 Å². The third kappa shape index (κ3) is 3.32. The summed E-state index contributed by atoms with van der Waals surface area (Å²) in [5.41, 5.74) is 0. The van der Waals surface area contributed by atoms with Crippen LogP contribution in [-0.2, 0) is 11.3 Å². The molecule has 2 rings (SSSR count). The Labute approximate surface area is 108 Å². The molecule has 1 aromatic heterocycles. The number of aromatic nitrogens is 2. The molecule has 1 fully saturated rings. The standard InChI is InChI=1S/C13H22N4O/c1-15-7-3-5-12(15)11-13(18)16(2)9-10-17-8-4-6-14-17/h4,6,8,12H,3,5,7,9-11H2,1-2H3/t12-/m0/s1. The second-order valence-electron chi connectivity index (χ2n) is 5.07. The zero-order valence-corrected chi connectivity index (χ0v) is 11.2. The van der Waals surface area contributed by atoms with Crippen LogP contribution in [0, 0.1) is 0 Å². The van der Waals surface area contributed by atoms with Crippen LogP contribution in [0.1, 0.15) is 19.3 Å². The number of nitrogens with zero attached hydrogens (tertiary/aromatic N) is 4. The van der Waals surface area contributed by atoms with Gasteiger partial charge in [0, 0.05) is 38.4 Å². The maximum absolute atomic E-state index is 12.1. The minimum absolute atomic E-state index is 0.237. The van der Waals surface area contributed by atoms with Crippen molar-refractivity contribution in [3.05, 3.63) is 18.5 Å². The first-order valence-corrected chi connectivity index (χ1v) is 6.58. The van der Waals surface area contributed by atoms with Crippen molar-refractivity contribution in [1.29, 1.82) is 0 Å². The molecular formula is C13H22N4O. The van der Waals surface area contributed by atoms with Crippen LogP contribution in [0.15, 0.2) is 18.5 Å². The first kappa shape index (κ1) is 13.1. The molecule has 1 amide bonds. The molecule has 0 unspecified atom stereocenters. The van der Waals surface area contributed by atoms with Gasteiger partial charge in [-0.15, -0.1) is 0 Å². The second-order valence-corrected chi connectivity index (χ2v) is 5.07. The highest BCUT2D eigenvalue weighted by Gasteiger charge is 2.24. The van der Waals surface area contributed by atoms with Crippen molar-refractivity contribution in [2.75, 3.05) is 27.2 Å². The summed E-state index contributed by atoms with van der Waals surface area (Å²) in [7, 11) is 3.98. The lowest BCUT2D eigenvalue weighted by atomic mass is 10.1. The maximum Gasteiger partial charge on any atom is 0.223 e. The average molecular weight is 250 g/mol. The third-order valence-electron chi connectivity index (χ3n) is 3.73. The largest absolute Gasteiger partial charge is 0.344 e. The van der Waals surface area contributed by atoms with Crippen LogP contribution >= 0.6 is 0 Å². The van der Waals surface area contributed by atoms with Crippen LogP contribution < -0.4 is 0 Å². The van der Waals surface area contributed by atoms with E-state index in [1.807, 2.05) is 28.9 Å². The fourth-order valence-electron chi connectivity index (χ4n) is 2.40. The SMILES string of the molecule is CN(CCn1cccn1)C(=O)C[C@@H]1CCCN1C. The molecule has 2 heterocycles. The first-order chi connectivity index (χ1) is 8.66. The van der Waals surface area contributed by atoms with E-state index in [1.54, 1.807) is 6.20 Å². The number of likely N-dealkylation sites (tertiary alicyclic amines) is 1. The van der Waals surface area contributed by atoms with Gasteiger partial charge in [-0.1, -0.05) is 0 Å². The summed E-state index contributed by atoms with van der Waals surface area (Å²) < 4.78 is 1.85. The summed E-state index contributed by atoms with van der Waals surface area (Å²) in [5.74, 6) is 0.237. The Morgan fingerprint density at radius 2 is 2.39 bits per heavy atom. The molecule has 5 heteroatoms. The van der Waals surface area contributed by atoms with Crippen molar-refractivity contribution in [1.82, 2.24) is 19.6 Å². The normalized spacial score (nSPS) is 20.2. The van der Waals surface area contributed by atoms with Crippen LogP contribution in [0.4, 0.5) is 0 Å². The molecule has 100 valence electrons. The summed E-state index contributed by atoms with van der Waals surface area (Å²) in [5, 5.41) is 4.13. The van der Waals surface area contributed by atoms with Gasteiger partial charge < -0.3 is 9.80 Å².